The molecule has 0 fully saturated rings. The van der Waals surface area contributed by atoms with Crippen LogP contribution in [0.15, 0.2) is 54.6 Å². The van der Waals surface area contributed by atoms with Crippen molar-refractivity contribution in [1.82, 2.24) is 5.32 Å². The second-order valence-electron chi connectivity index (χ2n) is 5.01. The molecule has 5 heteroatoms. The summed E-state index contributed by atoms with van der Waals surface area (Å²) in [5.74, 6) is -0.523. The summed E-state index contributed by atoms with van der Waals surface area (Å²) in [6, 6.07) is 16.2. The van der Waals surface area contributed by atoms with Crippen molar-refractivity contribution in [1.29, 1.82) is 0 Å². The van der Waals surface area contributed by atoms with Gasteiger partial charge in [-0.15, -0.1) is 0 Å². The molecule has 0 aliphatic carbocycles. The predicted octanol–water partition coefficient (Wildman–Crippen LogP) is 1.96. The molecule has 0 saturated carbocycles. The van der Waals surface area contributed by atoms with E-state index in [9.17, 15) is 9.59 Å². The largest absolute Gasteiger partial charge is 0.368 e. The first-order chi connectivity index (χ1) is 10.6. The zero-order valence-corrected chi connectivity index (χ0v) is 12.4. The number of carbonyl (C=O) groups excluding carboxylic acids is 2. The first-order valence-corrected chi connectivity index (χ1v) is 7.00. The van der Waals surface area contributed by atoms with Crippen LogP contribution in [0, 0.1) is 0 Å². The zero-order chi connectivity index (χ0) is 15.9. The SMILES string of the molecule is CC(=O)Nc1ccc(CN[C@@H](C(N)=O)c2ccccc2)cc1. The van der Waals surface area contributed by atoms with Gasteiger partial charge < -0.3 is 11.1 Å². The van der Waals surface area contributed by atoms with Crippen molar-refractivity contribution in [2.75, 3.05) is 5.32 Å². The van der Waals surface area contributed by atoms with Crippen molar-refractivity contribution in [3.63, 3.8) is 0 Å². The van der Waals surface area contributed by atoms with Crippen LogP contribution in [-0.2, 0) is 16.1 Å². The van der Waals surface area contributed by atoms with Gasteiger partial charge in [0.25, 0.3) is 0 Å². The Hall–Kier alpha value is -2.66. The molecule has 0 saturated heterocycles. The fraction of sp³-hybridized carbons (Fsp3) is 0.176. The number of amides is 2. The third-order valence-electron chi connectivity index (χ3n) is 3.20. The van der Waals surface area contributed by atoms with E-state index >= 15 is 0 Å². The van der Waals surface area contributed by atoms with Gasteiger partial charge in [0, 0.05) is 19.2 Å². The summed E-state index contributed by atoms with van der Waals surface area (Å²) in [6.07, 6.45) is 0. The maximum atomic E-state index is 11.6. The molecule has 0 aromatic heterocycles. The highest BCUT2D eigenvalue weighted by atomic mass is 16.1. The number of hydrogen-bond acceptors (Lipinski definition) is 3. The van der Waals surface area contributed by atoms with Crippen molar-refractivity contribution in [3.05, 3.63) is 65.7 Å². The zero-order valence-electron chi connectivity index (χ0n) is 12.4. The van der Waals surface area contributed by atoms with Crippen LogP contribution in [0.3, 0.4) is 0 Å². The van der Waals surface area contributed by atoms with Crippen LogP contribution in [0.4, 0.5) is 5.69 Å². The fourth-order valence-corrected chi connectivity index (χ4v) is 2.16. The van der Waals surface area contributed by atoms with Gasteiger partial charge in [0.15, 0.2) is 0 Å². The summed E-state index contributed by atoms with van der Waals surface area (Å²) in [7, 11) is 0. The van der Waals surface area contributed by atoms with Crippen molar-refractivity contribution >= 4 is 17.5 Å². The molecule has 2 rings (SSSR count). The third kappa shape index (κ3) is 4.43. The van der Waals surface area contributed by atoms with Gasteiger partial charge in [-0.25, -0.2) is 0 Å². The number of hydrogen-bond donors (Lipinski definition) is 3. The molecule has 2 aromatic rings. The number of nitrogens with one attached hydrogen (secondary N) is 2. The molecule has 0 bridgehead atoms. The first-order valence-electron chi connectivity index (χ1n) is 7.00. The van der Waals surface area contributed by atoms with Crippen molar-refractivity contribution < 1.29 is 9.59 Å². The Bertz CT molecular complexity index is 639. The summed E-state index contributed by atoms with van der Waals surface area (Å²) in [5.41, 5.74) is 8.04. The maximum Gasteiger partial charge on any atom is 0.239 e. The molecule has 5 nitrogen and oxygen atoms in total. The van der Waals surface area contributed by atoms with E-state index in [4.69, 9.17) is 5.73 Å². The maximum absolute atomic E-state index is 11.6. The second kappa shape index (κ2) is 7.38. The highest BCUT2D eigenvalue weighted by Gasteiger charge is 2.16. The molecule has 0 aliphatic rings. The molecule has 4 N–H and O–H groups in total. The van der Waals surface area contributed by atoms with E-state index in [1.54, 1.807) is 0 Å². The van der Waals surface area contributed by atoms with Gasteiger partial charge in [-0.2, -0.15) is 0 Å². The number of primary amides is 1. The van der Waals surface area contributed by atoms with Crippen LogP contribution in [-0.4, -0.2) is 11.8 Å². The van der Waals surface area contributed by atoms with E-state index in [0.29, 0.717) is 6.54 Å². The first kappa shape index (κ1) is 15.7. The standard InChI is InChI=1S/C17H19N3O2/c1-12(21)20-15-9-7-13(8-10-15)11-19-16(17(18)22)14-5-3-2-4-6-14/h2-10,16,19H,11H2,1H3,(H2,18,22)(H,20,21)/t16-/m1/s1. The minimum atomic E-state index is -0.531. The van der Waals surface area contributed by atoms with Crippen molar-refractivity contribution in [2.45, 2.75) is 19.5 Å². The number of benzene rings is 2. The monoisotopic (exact) mass is 297 g/mol. The van der Waals surface area contributed by atoms with E-state index < -0.39 is 11.9 Å². The Balaban J connectivity index is 2.01. The Kier molecular flexibility index (Phi) is 5.27. The number of anilines is 1. The van der Waals surface area contributed by atoms with Crippen molar-refractivity contribution in [2.24, 2.45) is 5.73 Å². The average molecular weight is 297 g/mol. The van der Waals surface area contributed by atoms with E-state index in [1.807, 2.05) is 54.6 Å². The van der Waals surface area contributed by atoms with Gasteiger partial charge in [-0.05, 0) is 23.3 Å². The summed E-state index contributed by atoms with van der Waals surface area (Å²) >= 11 is 0. The van der Waals surface area contributed by atoms with E-state index in [1.165, 1.54) is 6.92 Å². The normalized spacial score (nSPS) is 11.7. The lowest BCUT2D eigenvalue weighted by atomic mass is 10.1. The van der Waals surface area contributed by atoms with Crippen LogP contribution in [0.5, 0.6) is 0 Å². The number of carbonyl (C=O) groups is 2. The molecule has 2 amide bonds. The molecule has 0 heterocycles. The number of rotatable bonds is 6. The highest BCUT2D eigenvalue weighted by Crippen LogP contribution is 2.14. The quantitative estimate of drug-likeness (QED) is 0.762. The van der Waals surface area contributed by atoms with Crippen LogP contribution in [0.25, 0.3) is 0 Å². The second-order valence-corrected chi connectivity index (χ2v) is 5.01. The number of nitrogens with two attached hydrogens (primary N) is 1. The highest BCUT2D eigenvalue weighted by molar-refractivity contribution is 5.88. The minimum absolute atomic E-state index is 0.108. The minimum Gasteiger partial charge on any atom is -0.368 e. The molecule has 0 radical (unpaired) electrons. The van der Waals surface area contributed by atoms with E-state index in [0.717, 1.165) is 16.8 Å². The van der Waals surface area contributed by atoms with Crippen LogP contribution < -0.4 is 16.4 Å². The lowest BCUT2D eigenvalue weighted by Crippen LogP contribution is -2.33. The Labute approximate surface area is 129 Å². The Morgan fingerprint density at radius 3 is 2.23 bits per heavy atom. The summed E-state index contributed by atoms with van der Waals surface area (Å²) in [4.78, 5) is 22.6. The molecule has 22 heavy (non-hydrogen) atoms. The average Bonchev–Trinajstić information content (AvgIpc) is 2.49. The molecular formula is C17H19N3O2. The van der Waals surface area contributed by atoms with Crippen LogP contribution in [0.2, 0.25) is 0 Å². The van der Waals surface area contributed by atoms with Gasteiger partial charge in [0.05, 0.1) is 0 Å². The molecule has 0 unspecified atom stereocenters. The van der Waals surface area contributed by atoms with Crippen LogP contribution >= 0.6 is 0 Å². The Morgan fingerprint density at radius 2 is 1.68 bits per heavy atom. The van der Waals surface area contributed by atoms with Gasteiger partial charge >= 0.3 is 0 Å². The molecule has 0 spiro atoms. The summed E-state index contributed by atoms with van der Waals surface area (Å²) in [6.45, 7) is 1.97. The van der Waals surface area contributed by atoms with Gasteiger partial charge in [0.2, 0.25) is 11.8 Å². The predicted molar refractivity (Wildman–Crippen MR) is 86.0 cm³/mol. The summed E-state index contributed by atoms with van der Waals surface area (Å²) < 4.78 is 0. The van der Waals surface area contributed by atoms with Crippen molar-refractivity contribution in [3.8, 4) is 0 Å². The molecule has 0 aliphatic heterocycles. The molecule has 2 aromatic carbocycles. The molecule has 114 valence electrons. The van der Waals surface area contributed by atoms with Gasteiger partial charge in [0.1, 0.15) is 6.04 Å². The molecular weight excluding hydrogens is 278 g/mol. The lowest BCUT2D eigenvalue weighted by molar-refractivity contribution is -0.120. The fourth-order valence-electron chi connectivity index (χ4n) is 2.16. The third-order valence-corrected chi connectivity index (χ3v) is 3.20. The van der Waals surface area contributed by atoms with Gasteiger partial charge in [-0.1, -0.05) is 42.5 Å². The van der Waals surface area contributed by atoms with Crippen LogP contribution in [0.1, 0.15) is 24.1 Å². The summed E-state index contributed by atoms with van der Waals surface area (Å²) in [5, 5.41) is 5.86. The van der Waals surface area contributed by atoms with E-state index in [-0.39, 0.29) is 5.91 Å². The van der Waals surface area contributed by atoms with E-state index in [2.05, 4.69) is 10.6 Å². The topological polar surface area (TPSA) is 84.2 Å². The Morgan fingerprint density at radius 1 is 1.05 bits per heavy atom. The van der Waals surface area contributed by atoms with Gasteiger partial charge in [-0.3, -0.25) is 14.9 Å². The molecule has 1 atom stereocenters. The lowest BCUT2D eigenvalue weighted by Gasteiger charge is -2.16. The smallest absolute Gasteiger partial charge is 0.239 e.